The molecule has 50 heavy (non-hydrogen) atoms. The predicted molar refractivity (Wildman–Crippen MR) is 191 cm³/mol. The first kappa shape index (κ1) is 33.7. The van der Waals surface area contributed by atoms with Crippen molar-refractivity contribution in [3.63, 3.8) is 0 Å². The number of amides is 1. The Balaban J connectivity index is 1.09. The van der Waals surface area contributed by atoms with E-state index in [-0.39, 0.29) is 29.9 Å². The highest BCUT2D eigenvalue weighted by Gasteiger charge is 2.32. The minimum atomic E-state index is -0.585. The number of ether oxygens (including phenoxy) is 3. The van der Waals surface area contributed by atoms with Gasteiger partial charge >= 0.3 is 5.97 Å². The first-order valence-corrected chi connectivity index (χ1v) is 18.1. The molecule has 0 spiro atoms. The van der Waals surface area contributed by atoms with Crippen LogP contribution in [0.25, 0.3) is 22.8 Å². The Bertz CT molecular complexity index is 2110. The summed E-state index contributed by atoms with van der Waals surface area (Å²) in [6.45, 7) is 3.23. The van der Waals surface area contributed by atoms with E-state index >= 15 is 0 Å². The van der Waals surface area contributed by atoms with Crippen LogP contribution in [0, 0.1) is 6.92 Å². The molecule has 12 nitrogen and oxygen atoms in total. The van der Waals surface area contributed by atoms with Crippen molar-refractivity contribution in [2.24, 2.45) is 7.05 Å². The Morgan fingerprint density at radius 3 is 2.54 bits per heavy atom. The number of esters is 1. The van der Waals surface area contributed by atoms with Gasteiger partial charge in [-0.1, -0.05) is 70.2 Å². The summed E-state index contributed by atoms with van der Waals surface area (Å²) in [5.41, 5.74) is 3.15. The van der Waals surface area contributed by atoms with Crippen LogP contribution in [0.15, 0.2) is 87.2 Å². The molecule has 0 bridgehead atoms. The van der Waals surface area contributed by atoms with E-state index in [2.05, 4.69) is 26.1 Å². The number of carbonyl (C=O) groups excluding carboxylic acids is 2. The maximum Gasteiger partial charge on any atom is 0.316 e. The molecule has 1 saturated heterocycles. The van der Waals surface area contributed by atoms with Gasteiger partial charge < -0.3 is 19.1 Å². The minimum Gasteiger partial charge on any atom is -0.490 e. The fraction of sp³-hybridized carbons (Fsp3) is 0.306. The molecule has 0 radical (unpaired) electrons. The van der Waals surface area contributed by atoms with Crippen LogP contribution in [0.2, 0.25) is 0 Å². The number of thioether (sulfide) groups is 1. The molecule has 0 aliphatic carbocycles. The van der Waals surface area contributed by atoms with Crippen LogP contribution in [-0.2, 0) is 21.4 Å². The Morgan fingerprint density at radius 2 is 1.74 bits per heavy atom. The molecule has 1 amide bonds. The van der Waals surface area contributed by atoms with Gasteiger partial charge in [0, 0.05) is 30.0 Å². The minimum absolute atomic E-state index is 0.143. The quantitative estimate of drug-likeness (QED) is 0.139. The SMILES string of the molecule is Cc1c(-n2c(SCC(=O)OCC(=O)N3CCCC3c3ccc4c(c3)OCCCO4)nnc2-c2ccccc2Br)c(=O)n(-c2ccccc2)n1C. The lowest BCUT2D eigenvalue weighted by Crippen LogP contribution is -2.34. The summed E-state index contributed by atoms with van der Waals surface area (Å²) in [6, 6.07) is 22.5. The number of benzene rings is 3. The van der Waals surface area contributed by atoms with Gasteiger partial charge in [0.05, 0.1) is 36.4 Å². The highest BCUT2D eigenvalue weighted by Crippen LogP contribution is 2.38. The molecule has 5 aromatic rings. The summed E-state index contributed by atoms with van der Waals surface area (Å²) in [5, 5.41) is 9.21. The average Bonchev–Trinajstić information content (AvgIpc) is 3.78. The number of likely N-dealkylation sites (tertiary alicyclic amines) is 1. The summed E-state index contributed by atoms with van der Waals surface area (Å²) < 4.78 is 22.9. The Hall–Kier alpha value is -4.82. The lowest BCUT2D eigenvalue weighted by molar-refractivity contribution is -0.150. The van der Waals surface area contributed by atoms with E-state index in [1.54, 1.807) is 18.8 Å². The van der Waals surface area contributed by atoms with Gasteiger partial charge in [-0.15, -0.1) is 10.2 Å². The van der Waals surface area contributed by atoms with Crippen LogP contribution in [0.3, 0.4) is 0 Å². The third-order valence-corrected chi connectivity index (χ3v) is 10.5. The standard InChI is InChI=1S/C36H35BrN6O6S/c1-23-33(35(46)43(40(23)2)25-10-4-3-5-11-25)42-34(26-12-6-7-13-27(26)37)38-39-36(42)50-22-32(45)49-21-31(44)41-17-8-14-28(41)24-15-16-29-30(20-24)48-19-9-18-47-29/h3-7,10-13,15-16,20,28H,8-9,14,17-19,21-22H2,1-2H3. The molecule has 1 atom stereocenters. The normalized spacial score (nSPS) is 15.6. The van der Waals surface area contributed by atoms with Gasteiger partial charge in [0.25, 0.3) is 11.5 Å². The van der Waals surface area contributed by atoms with Gasteiger partial charge in [0.15, 0.2) is 29.1 Å². The van der Waals surface area contributed by atoms with E-state index in [4.69, 9.17) is 14.2 Å². The van der Waals surface area contributed by atoms with Crippen molar-refractivity contribution in [1.29, 1.82) is 0 Å². The number of aromatic nitrogens is 5. The molecule has 7 rings (SSSR count). The Labute approximate surface area is 301 Å². The summed E-state index contributed by atoms with van der Waals surface area (Å²) in [5.74, 6) is 0.827. The van der Waals surface area contributed by atoms with E-state index < -0.39 is 5.97 Å². The lowest BCUT2D eigenvalue weighted by Gasteiger charge is -2.25. The molecule has 2 aliphatic heterocycles. The molecule has 1 fully saturated rings. The van der Waals surface area contributed by atoms with E-state index in [0.29, 0.717) is 59.3 Å². The van der Waals surface area contributed by atoms with Crippen molar-refractivity contribution in [2.45, 2.75) is 37.4 Å². The number of para-hydroxylation sites is 1. The molecule has 3 aromatic carbocycles. The van der Waals surface area contributed by atoms with Crippen molar-refractivity contribution >= 4 is 39.6 Å². The number of halogens is 1. The molecule has 14 heteroatoms. The number of hydrogen-bond donors (Lipinski definition) is 0. The average molecular weight is 760 g/mol. The fourth-order valence-corrected chi connectivity index (χ4v) is 7.58. The summed E-state index contributed by atoms with van der Waals surface area (Å²) >= 11 is 4.69. The van der Waals surface area contributed by atoms with Gasteiger partial charge in [0.1, 0.15) is 5.69 Å². The third-order valence-electron chi connectivity index (χ3n) is 8.90. The molecule has 0 N–H and O–H groups in total. The number of nitrogens with zero attached hydrogens (tertiary/aromatic N) is 6. The molecule has 1 unspecified atom stereocenters. The zero-order chi connectivity index (χ0) is 34.8. The molecule has 0 saturated carbocycles. The van der Waals surface area contributed by atoms with Gasteiger partial charge in [-0.2, -0.15) is 0 Å². The second kappa shape index (κ2) is 14.6. The molecule has 2 aliphatic rings. The zero-order valence-corrected chi connectivity index (χ0v) is 30.0. The monoisotopic (exact) mass is 758 g/mol. The largest absolute Gasteiger partial charge is 0.490 e. The predicted octanol–water partition coefficient (Wildman–Crippen LogP) is 5.65. The van der Waals surface area contributed by atoms with Gasteiger partial charge in [-0.3, -0.25) is 23.6 Å². The first-order chi connectivity index (χ1) is 24.3. The summed E-state index contributed by atoms with van der Waals surface area (Å²) in [7, 11) is 1.82. The molecule has 258 valence electrons. The highest BCUT2D eigenvalue weighted by atomic mass is 79.9. The maximum atomic E-state index is 14.1. The van der Waals surface area contributed by atoms with E-state index in [0.717, 1.165) is 46.6 Å². The van der Waals surface area contributed by atoms with Gasteiger partial charge in [-0.25, -0.2) is 4.68 Å². The van der Waals surface area contributed by atoms with Crippen LogP contribution < -0.4 is 15.0 Å². The van der Waals surface area contributed by atoms with Crippen molar-refractivity contribution in [1.82, 2.24) is 29.0 Å². The van der Waals surface area contributed by atoms with Crippen molar-refractivity contribution in [3.8, 4) is 34.3 Å². The number of rotatable bonds is 9. The third kappa shape index (κ3) is 6.56. The van der Waals surface area contributed by atoms with Crippen LogP contribution in [0.4, 0.5) is 0 Å². The van der Waals surface area contributed by atoms with Gasteiger partial charge in [0.2, 0.25) is 0 Å². The van der Waals surface area contributed by atoms with Crippen LogP contribution in [0.5, 0.6) is 11.5 Å². The molecular formula is C36H35BrN6O6S. The summed E-state index contributed by atoms with van der Waals surface area (Å²) in [4.78, 5) is 42.2. The fourth-order valence-electron chi connectivity index (χ4n) is 6.38. The topological polar surface area (TPSA) is 123 Å². The van der Waals surface area contributed by atoms with Crippen LogP contribution >= 0.6 is 27.7 Å². The van der Waals surface area contributed by atoms with E-state index in [1.807, 2.05) is 86.8 Å². The maximum absolute atomic E-state index is 14.1. The van der Waals surface area contributed by atoms with E-state index in [9.17, 15) is 14.4 Å². The molecular weight excluding hydrogens is 724 g/mol. The van der Waals surface area contributed by atoms with Crippen LogP contribution in [0.1, 0.15) is 36.6 Å². The Morgan fingerprint density at radius 1 is 0.980 bits per heavy atom. The lowest BCUT2D eigenvalue weighted by atomic mass is 10.0. The van der Waals surface area contributed by atoms with Gasteiger partial charge in [-0.05, 0) is 55.7 Å². The Kier molecular flexibility index (Phi) is 9.81. The number of hydrogen-bond acceptors (Lipinski definition) is 9. The van der Waals surface area contributed by atoms with Crippen LogP contribution in [-0.4, -0.2) is 73.0 Å². The first-order valence-electron chi connectivity index (χ1n) is 16.3. The molecule has 4 heterocycles. The van der Waals surface area contributed by atoms with Crippen molar-refractivity contribution in [2.75, 3.05) is 32.1 Å². The van der Waals surface area contributed by atoms with Crippen molar-refractivity contribution in [3.05, 3.63) is 98.9 Å². The number of fused-ring (bicyclic) bond motifs is 1. The number of carbonyl (C=O) groups is 2. The highest BCUT2D eigenvalue weighted by molar-refractivity contribution is 9.10. The second-order valence-corrected chi connectivity index (χ2v) is 13.8. The van der Waals surface area contributed by atoms with Crippen molar-refractivity contribution < 1.29 is 23.8 Å². The zero-order valence-electron chi connectivity index (χ0n) is 27.6. The summed E-state index contributed by atoms with van der Waals surface area (Å²) in [6.07, 6.45) is 2.45. The van der Waals surface area contributed by atoms with E-state index in [1.165, 1.54) is 0 Å². The second-order valence-electron chi connectivity index (χ2n) is 12.0. The molecule has 2 aromatic heterocycles. The smallest absolute Gasteiger partial charge is 0.316 e.